The fourth-order valence-corrected chi connectivity index (χ4v) is 4.53. The number of hydrogen-bond acceptors (Lipinski definition) is 5. The number of nitrogen functional groups attached to an aromatic ring is 1. The lowest BCUT2D eigenvalue weighted by Crippen LogP contribution is -2.32. The van der Waals surface area contributed by atoms with Gasteiger partial charge in [-0.05, 0) is 41.8 Å². The summed E-state index contributed by atoms with van der Waals surface area (Å²) in [5, 5.41) is 19.3. The topological polar surface area (TPSA) is 151 Å². The van der Waals surface area contributed by atoms with Gasteiger partial charge in [-0.15, -0.1) is 0 Å². The van der Waals surface area contributed by atoms with E-state index in [9.17, 15) is 13.2 Å². The smallest absolute Gasteiger partial charge is 0.238 e. The summed E-state index contributed by atoms with van der Waals surface area (Å²) >= 11 is 0. The fourth-order valence-electron chi connectivity index (χ4n) is 3.77. The van der Waals surface area contributed by atoms with Crippen LogP contribution in [0.25, 0.3) is 11.1 Å². The minimum atomic E-state index is -3.86. The number of primary sulfonamides is 1. The first-order chi connectivity index (χ1) is 16.6. The summed E-state index contributed by atoms with van der Waals surface area (Å²) in [5.74, 6) is 0.0589. The van der Waals surface area contributed by atoms with E-state index < -0.39 is 10.0 Å². The Kier molecular flexibility index (Phi) is 8.26. The van der Waals surface area contributed by atoms with E-state index in [0.29, 0.717) is 22.4 Å². The quantitative estimate of drug-likeness (QED) is 0.212. The maximum absolute atomic E-state index is 12.8. The van der Waals surface area contributed by atoms with E-state index in [4.69, 9.17) is 16.3 Å². The van der Waals surface area contributed by atoms with Crippen LogP contribution in [0.15, 0.2) is 77.7 Å². The molecule has 0 aliphatic heterocycles. The molecule has 184 valence electrons. The molecule has 0 aromatic heterocycles. The van der Waals surface area contributed by atoms with Crippen molar-refractivity contribution < 1.29 is 13.2 Å². The van der Waals surface area contributed by atoms with Crippen LogP contribution in [-0.2, 0) is 14.8 Å². The molecular weight excluding hydrogens is 462 g/mol. The molecule has 0 heterocycles. The Morgan fingerprint density at radius 1 is 1.00 bits per heavy atom. The van der Waals surface area contributed by atoms with Crippen molar-refractivity contribution in [1.82, 2.24) is 0 Å². The number of benzene rings is 3. The number of carbonyl (C=O) groups is 1. The summed E-state index contributed by atoms with van der Waals surface area (Å²) in [6, 6.07) is 20.6. The van der Waals surface area contributed by atoms with Crippen LogP contribution in [0, 0.1) is 11.3 Å². The summed E-state index contributed by atoms with van der Waals surface area (Å²) in [6.45, 7) is 4.15. The monoisotopic (exact) mass is 493 g/mol. The van der Waals surface area contributed by atoms with Crippen molar-refractivity contribution in [1.29, 1.82) is 5.41 Å². The van der Waals surface area contributed by atoms with Crippen molar-refractivity contribution in [2.75, 3.05) is 10.6 Å². The van der Waals surface area contributed by atoms with Crippen LogP contribution in [0.5, 0.6) is 0 Å². The summed E-state index contributed by atoms with van der Waals surface area (Å²) in [7, 11) is -3.86. The molecule has 7 N–H and O–H groups in total. The predicted molar refractivity (Wildman–Crippen MR) is 141 cm³/mol. The normalized spacial score (nSPS) is 13.0. The summed E-state index contributed by atoms with van der Waals surface area (Å²) < 4.78 is 23.8. The Bertz CT molecular complexity index is 1310. The average Bonchev–Trinajstić information content (AvgIpc) is 2.83. The van der Waals surface area contributed by atoms with Gasteiger partial charge in [-0.25, -0.2) is 13.6 Å². The second-order valence-electron chi connectivity index (χ2n) is 8.50. The standard InChI is InChI=1S/C26H31N5O3S/c1-3-17(2)23(30-21-8-6-7-19(15-21)26(27)28)16-25(32)31-20-13-11-18(12-14-20)22-9-4-5-10-24(22)35(29,33)34/h4-15,17,23,30H,3,16H2,1-2H3,(H3,27,28)(H,31,32)(H2,29,33,34)/t17-,23-/m0/s1. The molecule has 3 aromatic carbocycles. The van der Waals surface area contributed by atoms with Crippen molar-refractivity contribution in [3.05, 3.63) is 78.4 Å². The number of nitrogens with one attached hydrogen (secondary N) is 3. The molecule has 0 radical (unpaired) electrons. The highest BCUT2D eigenvalue weighted by molar-refractivity contribution is 7.89. The van der Waals surface area contributed by atoms with E-state index >= 15 is 0 Å². The Morgan fingerprint density at radius 3 is 2.31 bits per heavy atom. The second-order valence-corrected chi connectivity index (χ2v) is 10.0. The number of amidine groups is 1. The first-order valence-corrected chi connectivity index (χ1v) is 12.9. The number of anilines is 2. The summed E-state index contributed by atoms with van der Waals surface area (Å²) in [5.41, 5.74) is 8.80. The highest BCUT2D eigenvalue weighted by Gasteiger charge is 2.20. The fraction of sp³-hybridized carbons (Fsp3) is 0.231. The second kappa shape index (κ2) is 11.2. The van der Waals surface area contributed by atoms with Gasteiger partial charge in [0.1, 0.15) is 5.84 Å². The minimum Gasteiger partial charge on any atom is -0.384 e. The molecule has 2 atom stereocenters. The molecule has 0 aliphatic rings. The van der Waals surface area contributed by atoms with Crippen LogP contribution in [-0.4, -0.2) is 26.2 Å². The van der Waals surface area contributed by atoms with Gasteiger partial charge >= 0.3 is 0 Å². The number of carbonyl (C=O) groups excluding carboxylic acids is 1. The number of amides is 1. The van der Waals surface area contributed by atoms with Crippen molar-refractivity contribution in [2.45, 2.75) is 37.6 Å². The molecule has 0 bridgehead atoms. The van der Waals surface area contributed by atoms with Gasteiger partial charge in [0.2, 0.25) is 15.9 Å². The van der Waals surface area contributed by atoms with Crippen LogP contribution < -0.4 is 21.5 Å². The van der Waals surface area contributed by atoms with Gasteiger partial charge in [0.05, 0.1) is 4.90 Å². The summed E-state index contributed by atoms with van der Waals surface area (Å²) in [4.78, 5) is 12.9. The lowest BCUT2D eigenvalue weighted by atomic mass is 9.95. The minimum absolute atomic E-state index is 0.0124. The van der Waals surface area contributed by atoms with Crippen LogP contribution in [0.4, 0.5) is 11.4 Å². The van der Waals surface area contributed by atoms with Gasteiger partial charge < -0.3 is 16.4 Å². The number of nitrogens with two attached hydrogens (primary N) is 2. The van der Waals surface area contributed by atoms with Crippen LogP contribution >= 0.6 is 0 Å². The lowest BCUT2D eigenvalue weighted by molar-refractivity contribution is -0.116. The Labute approximate surface area is 206 Å². The predicted octanol–water partition coefficient (Wildman–Crippen LogP) is 4.14. The van der Waals surface area contributed by atoms with E-state index in [1.54, 1.807) is 54.6 Å². The number of sulfonamides is 1. The van der Waals surface area contributed by atoms with Crippen molar-refractivity contribution in [3.8, 4) is 11.1 Å². The van der Waals surface area contributed by atoms with E-state index in [1.807, 2.05) is 12.1 Å². The van der Waals surface area contributed by atoms with Gasteiger partial charge in [0.25, 0.3) is 0 Å². The highest BCUT2D eigenvalue weighted by atomic mass is 32.2. The number of hydrogen-bond donors (Lipinski definition) is 5. The molecule has 0 aliphatic carbocycles. The molecule has 0 saturated carbocycles. The third-order valence-electron chi connectivity index (χ3n) is 5.94. The van der Waals surface area contributed by atoms with Crippen LogP contribution in [0.3, 0.4) is 0 Å². The first kappa shape index (κ1) is 25.9. The third kappa shape index (κ3) is 6.91. The van der Waals surface area contributed by atoms with Crippen molar-refractivity contribution >= 4 is 33.1 Å². The van der Waals surface area contributed by atoms with Gasteiger partial charge in [-0.3, -0.25) is 10.2 Å². The van der Waals surface area contributed by atoms with Gasteiger partial charge in [0, 0.05) is 35.0 Å². The van der Waals surface area contributed by atoms with Crippen molar-refractivity contribution in [2.24, 2.45) is 16.8 Å². The molecule has 3 aromatic rings. The number of rotatable bonds is 10. The molecule has 9 heteroatoms. The molecule has 1 amide bonds. The van der Waals surface area contributed by atoms with Gasteiger partial charge in [-0.1, -0.05) is 62.7 Å². The van der Waals surface area contributed by atoms with E-state index in [1.165, 1.54) is 6.07 Å². The van der Waals surface area contributed by atoms with E-state index in [0.717, 1.165) is 12.1 Å². The van der Waals surface area contributed by atoms with Gasteiger partial charge in [0.15, 0.2) is 0 Å². The zero-order chi connectivity index (χ0) is 25.6. The van der Waals surface area contributed by atoms with Crippen molar-refractivity contribution in [3.63, 3.8) is 0 Å². The van der Waals surface area contributed by atoms with Crippen LogP contribution in [0.2, 0.25) is 0 Å². The Morgan fingerprint density at radius 2 is 1.69 bits per heavy atom. The molecule has 0 spiro atoms. The van der Waals surface area contributed by atoms with E-state index in [-0.39, 0.29) is 35.0 Å². The maximum atomic E-state index is 12.8. The summed E-state index contributed by atoms with van der Waals surface area (Å²) in [6.07, 6.45) is 1.13. The Balaban J connectivity index is 1.72. The molecular formula is C26H31N5O3S. The largest absolute Gasteiger partial charge is 0.384 e. The maximum Gasteiger partial charge on any atom is 0.238 e. The van der Waals surface area contributed by atoms with Gasteiger partial charge in [-0.2, -0.15) is 0 Å². The average molecular weight is 494 g/mol. The van der Waals surface area contributed by atoms with E-state index in [2.05, 4.69) is 24.5 Å². The SMILES string of the molecule is CC[C@H](C)[C@H](CC(=O)Nc1ccc(-c2ccccc2S(N)(=O)=O)cc1)Nc1cccc(C(=N)N)c1. The third-order valence-corrected chi connectivity index (χ3v) is 6.90. The molecule has 0 saturated heterocycles. The highest BCUT2D eigenvalue weighted by Crippen LogP contribution is 2.28. The van der Waals surface area contributed by atoms with Crippen LogP contribution in [0.1, 0.15) is 32.3 Å². The molecule has 0 unspecified atom stereocenters. The Hall–Kier alpha value is -3.69. The molecule has 3 rings (SSSR count). The zero-order valence-electron chi connectivity index (χ0n) is 19.8. The molecule has 0 fully saturated rings. The first-order valence-electron chi connectivity index (χ1n) is 11.3. The molecule has 8 nitrogen and oxygen atoms in total. The zero-order valence-corrected chi connectivity index (χ0v) is 20.6. The lowest BCUT2D eigenvalue weighted by Gasteiger charge is -2.25. The molecule has 35 heavy (non-hydrogen) atoms.